The molecule has 0 radical (unpaired) electrons. The summed E-state index contributed by atoms with van der Waals surface area (Å²) in [6.45, 7) is 8.70. The fourth-order valence-electron chi connectivity index (χ4n) is 1.61. The van der Waals surface area contributed by atoms with Gasteiger partial charge >= 0.3 is 0 Å². The number of hydrogen-bond donors (Lipinski definition) is 2. The Hall–Kier alpha value is -1.35. The minimum Gasteiger partial charge on any atom is -0.360 e. The van der Waals surface area contributed by atoms with Crippen LogP contribution in [0.5, 0.6) is 0 Å². The summed E-state index contributed by atoms with van der Waals surface area (Å²) in [5.74, 6) is 0. The Labute approximate surface area is 115 Å². The number of benzene rings is 1. The zero-order chi connectivity index (χ0) is 13.4. The molecule has 0 aliphatic carbocycles. The molecule has 0 heterocycles. The second-order valence-electron chi connectivity index (χ2n) is 4.71. The zero-order valence-corrected chi connectivity index (χ0v) is 12.0. The van der Waals surface area contributed by atoms with Gasteiger partial charge in [0.15, 0.2) is 5.11 Å². The van der Waals surface area contributed by atoms with Crippen LogP contribution in [-0.2, 0) is 6.42 Å². The quantitative estimate of drug-likeness (QED) is 0.608. The molecule has 1 rings (SSSR count). The molecular weight excluding hydrogens is 240 g/mol. The van der Waals surface area contributed by atoms with Gasteiger partial charge in [-0.25, -0.2) is 0 Å². The second kappa shape index (κ2) is 7.88. The molecule has 1 aromatic carbocycles. The SMILES string of the molecule is C=C(C)CNC(=S)N[C@H](C)CCc1ccccc1. The lowest BCUT2D eigenvalue weighted by molar-refractivity contribution is 0.601. The van der Waals surface area contributed by atoms with Gasteiger partial charge < -0.3 is 10.6 Å². The van der Waals surface area contributed by atoms with Crippen molar-refractivity contribution in [3.05, 3.63) is 48.0 Å². The fraction of sp³-hybridized carbons (Fsp3) is 0.400. The van der Waals surface area contributed by atoms with Crippen molar-refractivity contribution in [3.63, 3.8) is 0 Å². The molecule has 1 aromatic rings. The van der Waals surface area contributed by atoms with Crippen molar-refractivity contribution in [1.82, 2.24) is 10.6 Å². The molecule has 2 nitrogen and oxygen atoms in total. The topological polar surface area (TPSA) is 24.1 Å². The molecule has 0 aromatic heterocycles. The van der Waals surface area contributed by atoms with Crippen LogP contribution in [0.25, 0.3) is 0 Å². The van der Waals surface area contributed by atoms with Crippen LogP contribution in [0, 0.1) is 0 Å². The molecule has 0 aliphatic heterocycles. The standard InChI is InChI=1S/C15H22N2S/c1-12(2)11-16-15(18)17-13(3)9-10-14-7-5-4-6-8-14/h4-8,13H,1,9-11H2,2-3H3,(H2,16,17,18)/t13-/m1/s1. The second-order valence-corrected chi connectivity index (χ2v) is 5.12. The summed E-state index contributed by atoms with van der Waals surface area (Å²) in [6, 6.07) is 10.9. The minimum absolute atomic E-state index is 0.371. The molecule has 0 aliphatic rings. The molecule has 18 heavy (non-hydrogen) atoms. The molecule has 0 spiro atoms. The van der Waals surface area contributed by atoms with Gasteiger partial charge in [0.05, 0.1) is 0 Å². The third-order valence-electron chi connectivity index (χ3n) is 2.64. The van der Waals surface area contributed by atoms with Gasteiger partial charge in [-0.15, -0.1) is 0 Å². The lowest BCUT2D eigenvalue weighted by Gasteiger charge is -2.17. The van der Waals surface area contributed by atoms with Crippen LogP contribution in [0.15, 0.2) is 42.5 Å². The van der Waals surface area contributed by atoms with E-state index < -0.39 is 0 Å². The van der Waals surface area contributed by atoms with Gasteiger partial charge in [0.1, 0.15) is 0 Å². The predicted molar refractivity (Wildman–Crippen MR) is 82.8 cm³/mol. The summed E-state index contributed by atoms with van der Waals surface area (Å²) in [5.41, 5.74) is 2.45. The average molecular weight is 262 g/mol. The summed E-state index contributed by atoms with van der Waals surface area (Å²) in [4.78, 5) is 0. The molecule has 0 saturated heterocycles. The van der Waals surface area contributed by atoms with Gasteiger partial charge in [-0.05, 0) is 44.5 Å². The Morgan fingerprint density at radius 1 is 1.33 bits per heavy atom. The summed E-state index contributed by atoms with van der Waals surface area (Å²) < 4.78 is 0. The van der Waals surface area contributed by atoms with E-state index in [1.807, 2.05) is 13.0 Å². The van der Waals surface area contributed by atoms with Gasteiger partial charge in [0, 0.05) is 12.6 Å². The van der Waals surface area contributed by atoms with E-state index >= 15 is 0 Å². The Morgan fingerprint density at radius 3 is 2.61 bits per heavy atom. The van der Waals surface area contributed by atoms with Gasteiger partial charge in [0.2, 0.25) is 0 Å². The largest absolute Gasteiger partial charge is 0.360 e. The van der Waals surface area contributed by atoms with Gasteiger partial charge in [-0.2, -0.15) is 0 Å². The van der Waals surface area contributed by atoms with Crippen molar-refractivity contribution < 1.29 is 0 Å². The van der Waals surface area contributed by atoms with Crippen molar-refractivity contribution >= 4 is 17.3 Å². The van der Waals surface area contributed by atoms with E-state index in [1.54, 1.807) is 0 Å². The number of nitrogens with one attached hydrogen (secondary N) is 2. The van der Waals surface area contributed by atoms with E-state index in [0.29, 0.717) is 11.2 Å². The van der Waals surface area contributed by atoms with Crippen molar-refractivity contribution in [2.24, 2.45) is 0 Å². The monoisotopic (exact) mass is 262 g/mol. The van der Waals surface area contributed by atoms with Crippen molar-refractivity contribution in [3.8, 4) is 0 Å². The van der Waals surface area contributed by atoms with Crippen LogP contribution in [0.1, 0.15) is 25.8 Å². The summed E-state index contributed by atoms with van der Waals surface area (Å²) in [7, 11) is 0. The van der Waals surface area contributed by atoms with E-state index in [-0.39, 0.29) is 0 Å². The molecule has 2 N–H and O–H groups in total. The molecular formula is C15H22N2S. The third kappa shape index (κ3) is 6.40. The molecule has 0 fully saturated rings. The molecule has 1 atom stereocenters. The van der Waals surface area contributed by atoms with Gasteiger partial charge in [-0.1, -0.05) is 42.5 Å². The van der Waals surface area contributed by atoms with Gasteiger partial charge in [-0.3, -0.25) is 0 Å². The van der Waals surface area contributed by atoms with Crippen LogP contribution in [0.3, 0.4) is 0 Å². The number of rotatable bonds is 6. The first kappa shape index (κ1) is 14.7. The fourth-order valence-corrected chi connectivity index (χ4v) is 1.88. The van der Waals surface area contributed by atoms with E-state index in [1.165, 1.54) is 5.56 Å². The lowest BCUT2D eigenvalue weighted by atomic mass is 10.1. The number of thiocarbonyl (C=S) groups is 1. The van der Waals surface area contributed by atoms with E-state index in [0.717, 1.165) is 25.0 Å². The summed E-state index contributed by atoms with van der Waals surface area (Å²) in [5, 5.41) is 7.12. The first-order valence-corrected chi connectivity index (χ1v) is 6.71. The van der Waals surface area contributed by atoms with E-state index in [2.05, 4.69) is 48.4 Å². The molecule has 0 bridgehead atoms. The highest BCUT2D eigenvalue weighted by molar-refractivity contribution is 7.80. The maximum Gasteiger partial charge on any atom is 0.166 e. The Kier molecular flexibility index (Phi) is 6.44. The summed E-state index contributed by atoms with van der Waals surface area (Å²) >= 11 is 5.22. The normalized spacial score (nSPS) is 11.7. The van der Waals surface area contributed by atoms with Crippen LogP contribution in [-0.4, -0.2) is 17.7 Å². The molecule has 3 heteroatoms. The third-order valence-corrected chi connectivity index (χ3v) is 2.90. The molecule has 0 amide bonds. The van der Waals surface area contributed by atoms with E-state index in [4.69, 9.17) is 12.2 Å². The minimum atomic E-state index is 0.371. The van der Waals surface area contributed by atoms with Crippen LogP contribution >= 0.6 is 12.2 Å². The first-order chi connectivity index (χ1) is 8.58. The maximum atomic E-state index is 5.22. The van der Waals surface area contributed by atoms with Crippen molar-refractivity contribution in [2.75, 3.05) is 6.54 Å². The Bertz CT molecular complexity index is 387. The Balaban J connectivity index is 2.23. The maximum absolute atomic E-state index is 5.22. The molecule has 0 unspecified atom stereocenters. The Morgan fingerprint density at radius 2 is 2.00 bits per heavy atom. The smallest absolute Gasteiger partial charge is 0.166 e. The zero-order valence-electron chi connectivity index (χ0n) is 11.2. The van der Waals surface area contributed by atoms with E-state index in [9.17, 15) is 0 Å². The lowest BCUT2D eigenvalue weighted by Crippen LogP contribution is -2.41. The molecule has 98 valence electrons. The number of hydrogen-bond acceptors (Lipinski definition) is 1. The average Bonchev–Trinajstić information content (AvgIpc) is 2.35. The first-order valence-electron chi connectivity index (χ1n) is 6.30. The summed E-state index contributed by atoms with van der Waals surface area (Å²) in [6.07, 6.45) is 2.14. The highest BCUT2D eigenvalue weighted by atomic mass is 32.1. The van der Waals surface area contributed by atoms with Crippen LogP contribution < -0.4 is 10.6 Å². The molecule has 0 saturated carbocycles. The number of aryl methyl sites for hydroxylation is 1. The van der Waals surface area contributed by atoms with Crippen LogP contribution in [0.4, 0.5) is 0 Å². The highest BCUT2D eigenvalue weighted by Gasteiger charge is 2.04. The van der Waals surface area contributed by atoms with Crippen LogP contribution in [0.2, 0.25) is 0 Å². The highest BCUT2D eigenvalue weighted by Crippen LogP contribution is 2.04. The van der Waals surface area contributed by atoms with Crippen molar-refractivity contribution in [2.45, 2.75) is 32.7 Å². The van der Waals surface area contributed by atoms with Gasteiger partial charge in [0.25, 0.3) is 0 Å². The predicted octanol–water partition coefficient (Wildman–Crippen LogP) is 3.05. The van der Waals surface area contributed by atoms with Crippen molar-refractivity contribution in [1.29, 1.82) is 0 Å².